The zero-order valence-corrected chi connectivity index (χ0v) is 15.9. The molecule has 3 aliphatic rings. The van der Waals surface area contributed by atoms with Gasteiger partial charge in [0.05, 0.1) is 12.0 Å². The van der Waals surface area contributed by atoms with Crippen LogP contribution in [0.1, 0.15) is 29.5 Å². The zero-order chi connectivity index (χ0) is 20.3. The Kier molecular flexibility index (Phi) is 3.84. The predicted octanol–water partition coefficient (Wildman–Crippen LogP) is 2.41. The number of ketones is 1. The second-order valence-corrected chi connectivity index (χ2v) is 7.66. The Balaban J connectivity index is 1.88. The smallest absolute Gasteiger partial charge is 0.189 e. The van der Waals surface area contributed by atoms with Crippen LogP contribution < -0.4 is 10.1 Å². The van der Waals surface area contributed by atoms with Crippen LogP contribution in [-0.2, 0) is 16.8 Å². The van der Waals surface area contributed by atoms with Crippen LogP contribution in [0.25, 0.3) is 0 Å². The second-order valence-electron chi connectivity index (χ2n) is 7.66. The molecule has 2 unspecified atom stereocenters. The third-order valence-electron chi connectivity index (χ3n) is 6.25. The Morgan fingerprint density at radius 1 is 1.14 bits per heavy atom. The summed E-state index contributed by atoms with van der Waals surface area (Å²) in [4.78, 5) is 13.1. The first kappa shape index (κ1) is 18.0. The average Bonchev–Trinajstić information content (AvgIpc) is 2.95. The van der Waals surface area contributed by atoms with E-state index in [0.29, 0.717) is 46.6 Å². The normalized spacial score (nSPS) is 24.6. The van der Waals surface area contributed by atoms with Crippen LogP contribution in [0.2, 0.25) is 0 Å². The molecule has 1 heterocycles. The number of carbonyl (C=O) groups is 1. The number of aliphatic hydroxyl groups is 2. The molecule has 2 aromatic rings. The van der Waals surface area contributed by atoms with Gasteiger partial charge in [-0.05, 0) is 42.2 Å². The van der Waals surface area contributed by atoms with Gasteiger partial charge in [0.1, 0.15) is 23.4 Å². The van der Waals surface area contributed by atoms with Crippen molar-refractivity contribution in [3.05, 3.63) is 76.0 Å². The quantitative estimate of drug-likeness (QED) is 0.628. The fraction of sp³-hybridized carbons (Fsp3) is 0.261. The number of hydrogen-bond acceptors (Lipinski definition) is 6. The van der Waals surface area contributed by atoms with E-state index in [2.05, 4.69) is 5.32 Å². The van der Waals surface area contributed by atoms with Crippen LogP contribution in [0.3, 0.4) is 0 Å². The monoisotopic (exact) mass is 391 g/mol. The van der Waals surface area contributed by atoms with Crippen molar-refractivity contribution in [2.75, 3.05) is 7.05 Å². The topological polar surface area (TPSA) is 99.0 Å². The Morgan fingerprint density at radius 2 is 1.86 bits per heavy atom. The molecule has 1 aliphatic heterocycles. The number of nitrogens with one attached hydrogen (secondary N) is 1. The molecule has 0 amide bonds. The van der Waals surface area contributed by atoms with Gasteiger partial charge in [-0.15, -0.1) is 0 Å². The lowest BCUT2D eigenvalue weighted by atomic mass is 9.65. The Labute approximate surface area is 167 Å². The van der Waals surface area contributed by atoms with Crippen LogP contribution in [-0.4, -0.2) is 34.3 Å². The molecule has 1 spiro atoms. The van der Waals surface area contributed by atoms with Gasteiger partial charge < -0.3 is 25.4 Å². The number of fused-ring (bicyclic) bond motifs is 5. The van der Waals surface area contributed by atoms with Gasteiger partial charge in [0.2, 0.25) is 0 Å². The van der Waals surface area contributed by atoms with Crippen LogP contribution >= 0.6 is 0 Å². The third kappa shape index (κ3) is 2.27. The van der Waals surface area contributed by atoms with E-state index < -0.39 is 11.5 Å². The fourth-order valence-electron chi connectivity index (χ4n) is 4.89. The fourth-order valence-corrected chi connectivity index (χ4v) is 4.89. The van der Waals surface area contributed by atoms with Crippen molar-refractivity contribution in [3.63, 3.8) is 0 Å². The summed E-state index contributed by atoms with van der Waals surface area (Å²) in [6, 6.07) is 10.0. The summed E-state index contributed by atoms with van der Waals surface area (Å²) < 4.78 is 6.05. The summed E-state index contributed by atoms with van der Waals surface area (Å²) in [7, 11) is 1.84. The van der Waals surface area contributed by atoms with Crippen LogP contribution in [0.4, 0.5) is 0 Å². The Morgan fingerprint density at radius 3 is 2.59 bits per heavy atom. The molecule has 2 aliphatic carbocycles. The number of phenols is 1. The van der Waals surface area contributed by atoms with E-state index in [1.165, 1.54) is 12.1 Å². The zero-order valence-electron chi connectivity index (χ0n) is 15.9. The predicted molar refractivity (Wildman–Crippen MR) is 106 cm³/mol. The number of rotatable bonds is 2. The highest BCUT2D eigenvalue weighted by atomic mass is 16.5. The maximum Gasteiger partial charge on any atom is 0.189 e. The molecule has 0 bridgehead atoms. The summed E-state index contributed by atoms with van der Waals surface area (Å²) >= 11 is 0. The van der Waals surface area contributed by atoms with Crippen molar-refractivity contribution < 1.29 is 24.9 Å². The molecular formula is C23H21NO5. The summed E-state index contributed by atoms with van der Waals surface area (Å²) in [6.45, 7) is -0.157. The van der Waals surface area contributed by atoms with E-state index >= 15 is 0 Å². The highest BCUT2D eigenvalue weighted by Crippen LogP contribution is 2.59. The molecule has 4 N–H and O–H groups in total. The lowest BCUT2D eigenvalue weighted by Crippen LogP contribution is -2.43. The number of aromatic hydroxyl groups is 1. The van der Waals surface area contributed by atoms with Crippen molar-refractivity contribution in [2.24, 2.45) is 0 Å². The minimum Gasteiger partial charge on any atom is -0.508 e. The van der Waals surface area contributed by atoms with E-state index in [1.807, 2.05) is 19.2 Å². The minimum absolute atomic E-state index is 0.0313. The largest absolute Gasteiger partial charge is 0.508 e. The molecular weight excluding hydrogens is 370 g/mol. The number of ether oxygens (including phenoxy) is 1. The average molecular weight is 391 g/mol. The first-order valence-corrected chi connectivity index (χ1v) is 9.60. The van der Waals surface area contributed by atoms with E-state index in [9.17, 15) is 20.1 Å². The molecule has 2 atom stereocenters. The number of aliphatic hydroxyl groups excluding tert-OH is 2. The van der Waals surface area contributed by atoms with Crippen molar-refractivity contribution in [1.29, 1.82) is 0 Å². The first-order chi connectivity index (χ1) is 14.0. The lowest BCUT2D eigenvalue weighted by Gasteiger charge is -2.41. The van der Waals surface area contributed by atoms with Gasteiger partial charge in [-0.2, -0.15) is 0 Å². The van der Waals surface area contributed by atoms with Crippen LogP contribution in [0.15, 0.2) is 59.3 Å². The van der Waals surface area contributed by atoms with Gasteiger partial charge in [-0.3, -0.25) is 4.79 Å². The van der Waals surface area contributed by atoms with Crippen LogP contribution in [0.5, 0.6) is 17.2 Å². The Bertz CT molecular complexity index is 1120. The minimum atomic E-state index is -1.30. The van der Waals surface area contributed by atoms with Gasteiger partial charge in [0.25, 0.3) is 0 Å². The molecule has 0 fully saturated rings. The summed E-state index contributed by atoms with van der Waals surface area (Å²) in [6.07, 6.45) is 1.92. The standard InChI is InChI=1S/C23H21NO5/c1-24-13-3-5-15-18(9-13)23(22(28)21(15)27)16-6-2-12(11-25)8-19(16)29-20-10-14(26)4-7-17(20)23/h2,4,6-10,22,24-26,28H,3,5,11H2,1H3. The molecule has 6 nitrogen and oxygen atoms in total. The second kappa shape index (κ2) is 6.20. The summed E-state index contributed by atoms with van der Waals surface area (Å²) in [5.41, 5.74) is 3.23. The molecule has 2 aromatic carbocycles. The van der Waals surface area contributed by atoms with Gasteiger partial charge in [0, 0.05) is 35.5 Å². The number of hydrogen-bond donors (Lipinski definition) is 4. The van der Waals surface area contributed by atoms with E-state index in [1.54, 1.807) is 18.2 Å². The van der Waals surface area contributed by atoms with E-state index in [4.69, 9.17) is 4.74 Å². The molecule has 0 aromatic heterocycles. The maximum absolute atomic E-state index is 13.1. The van der Waals surface area contributed by atoms with Gasteiger partial charge >= 0.3 is 0 Å². The number of carbonyl (C=O) groups excluding carboxylic acids is 1. The summed E-state index contributed by atoms with van der Waals surface area (Å²) in [5, 5.41) is 34.1. The maximum atomic E-state index is 13.1. The molecule has 148 valence electrons. The number of benzene rings is 2. The highest BCUT2D eigenvalue weighted by Gasteiger charge is 2.58. The van der Waals surface area contributed by atoms with Gasteiger partial charge in [-0.1, -0.05) is 18.2 Å². The van der Waals surface area contributed by atoms with E-state index in [-0.39, 0.29) is 18.1 Å². The third-order valence-corrected chi connectivity index (χ3v) is 6.25. The van der Waals surface area contributed by atoms with Crippen molar-refractivity contribution >= 4 is 5.78 Å². The van der Waals surface area contributed by atoms with Crippen LogP contribution in [0, 0.1) is 0 Å². The first-order valence-electron chi connectivity index (χ1n) is 9.60. The highest BCUT2D eigenvalue weighted by molar-refractivity contribution is 6.07. The van der Waals surface area contributed by atoms with Crippen molar-refractivity contribution in [3.8, 4) is 17.2 Å². The lowest BCUT2D eigenvalue weighted by molar-refractivity contribution is -0.123. The van der Waals surface area contributed by atoms with Gasteiger partial charge in [0.15, 0.2) is 5.78 Å². The molecule has 0 saturated carbocycles. The summed E-state index contributed by atoms with van der Waals surface area (Å²) in [5.74, 6) is 0.603. The van der Waals surface area contributed by atoms with E-state index in [0.717, 1.165) is 11.3 Å². The number of allylic oxidation sites excluding steroid dienone is 2. The molecule has 29 heavy (non-hydrogen) atoms. The number of Topliss-reactive ketones (excluding diaryl/α,β-unsaturated/α-hetero) is 1. The molecule has 0 saturated heterocycles. The Hall–Kier alpha value is -3.09. The van der Waals surface area contributed by atoms with Gasteiger partial charge in [-0.25, -0.2) is 0 Å². The van der Waals surface area contributed by atoms with Crippen molar-refractivity contribution in [1.82, 2.24) is 5.32 Å². The van der Waals surface area contributed by atoms with Crippen molar-refractivity contribution in [2.45, 2.75) is 31.0 Å². The molecule has 5 rings (SSSR count). The molecule has 0 radical (unpaired) electrons. The molecule has 6 heteroatoms. The number of phenolic OH excluding ortho intramolecular Hbond substituents is 1. The SMILES string of the molecule is CNC1=CC2=C(CC1)C(=O)C(O)C21c2ccc(O)cc2Oc2cc(CO)ccc21.